The second-order valence-corrected chi connectivity index (χ2v) is 7.80. The van der Waals surface area contributed by atoms with Gasteiger partial charge in [0.2, 0.25) is 5.91 Å². The quantitative estimate of drug-likeness (QED) is 0.863. The Morgan fingerprint density at radius 2 is 2.19 bits per heavy atom. The van der Waals surface area contributed by atoms with Gasteiger partial charge in [-0.15, -0.1) is 0 Å². The predicted molar refractivity (Wildman–Crippen MR) is 89.7 cm³/mol. The summed E-state index contributed by atoms with van der Waals surface area (Å²) in [6, 6.07) is 3.85. The van der Waals surface area contributed by atoms with Gasteiger partial charge in [-0.3, -0.25) is 4.79 Å². The number of fused-ring (bicyclic) bond motifs is 1. The van der Waals surface area contributed by atoms with E-state index in [1.54, 1.807) is 11.8 Å². The smallest absolute Gasteiger partial charge is 0.223 e. The number of amides is 1. The van der Waals surface area contributed by atoms with Crippen LogP contribution in [-0.4, -0.2) is 23.2 Å². The molecular weight excluding hydrogens is 352 g/mol. The molecule has 1 N–H and O–H groups in total. The van der Waals surface area contributed by atoms with E-state index in [4.69, 9.17) is 0 Å². The highest BCUT2D eigenvalue weighted by atomic mass is 79.9. The average Bonchev–Trinajstić information content (AvgIpc) is 2.79. The summed E-state index contributed by atoms with van der Waals surface area (Å²) < 4.78 is 16.3. The van der Waals surface area contributed by atoms with E-state index in [0.29, 0.717) is 23.9 Å². The largest absolute Gasteiger partial charge is 0.312 e. The fourth-order valence-electron chi connectivity index (χ4n) is 2.38. The minimum atomic E-state index is -1.27. The molecule has 1 aromatic carbocycles. The first-order chi connectivity index (χ1) is 9.90. The van der Waals surface area contributed by atoms with Crippen molar-refractivity contribution in [2.24, 2.45) is 5.92 Å². The molecule has 0 spiro atoms. The van der Waals surface area contributed by atoms with Gasteiger partial charge >= 0.3 is 0 Å². The minimum Gasteiger partial charge on any atom is -0.312 e. The average molecular weight is 373 g/mol. The van der Waals surface area contributed by atoms with Gasteiger partial charge in [0.15, 0.2) is 0 Å². The summed E-state index contributed by atoms with van der Waals surface area (Å²) in [5, 5.41) is 0. The van der Waals surface area contributed by atoms with E-state index < -0.39 is 11.0 Å². The zero-order valence-electron chi connectivity index (χ0n) is 12.6. The van der Waals surface area contributed by atoms with Crippen LogP contribution in [-0.2, 0) is 22.2 Å². The second kappa shape index (κ2) is 7.03. The number of nitrogens with zero attached hydrogens (tertiary/aromatic N) is 1. The molecule has 0 radical (unpaired) electrons. The van der Waals surface area contributed by atoms with Gasteiger partial charge in [-0.25, -0.2) is 8.93 Å². The van der Waals surface area contributed by atoms with Crippen LogP contribution in [0.5, 0.6) is 0 Å². The molecule has 2 rings (SSSR count). The Bertz CT molecular complexity index is 575. The molecule has 1 amide bonds. The van der Waals surface area contributed by atoms with E-state index in [1.807, 2.05) is 12.1 Å². The third-order valence-electron chi connectivity index (χ3n) is 3.56. The normalized spacial score (nSPS) is 15.4. The molecule has 0 aliphatic carbocycles. The number of anilines is 1. The molecule has 1 aliphatic rings. The highest BCUT2D eigenvalue weighted by molar-refractivity contribution is 9.10. The molecule has 0 saturated heterocycles. The molecule has 21 heavy (non-hydrogen) atoms. The van der Waals surface area contributed by atoms with Gasteiger partial charge < -0.3 is 4.90 Å². The fourth-order valence-corrected chi connectivity index (χ4v) is 4.12. The Morgan fingerprint density at radius 3 is 2.81 bits per heavy atom. The Kier molecular flexibility index (Phi) is 5.57. The number of hydrogen-bond donors (Lipinski definition) is 1. The number of carbonyl (C=O) groups excluding carboxylic acids is 1. The summed E-state index contributed by atoms with van der Waals surface area (Å²) in [6.45, 7) is 7.26. The van der Waals surface area contributed by atoms with Crippen LogP contribution in [0.2, 0.25) is 0 Å². The lowest BCUT2D eigenvalue weighted by Gasteiger charge is -2.16. The van der Waals surface area contributed by atoms with Gasteiger partial charge in [0.05, 0.1) is 4.90 Å². The first kappa shape index (κ1) is 16.6. The summed E-state index contributed by atoms with van der Waals surface area (Å²) in [5.41, 5.74) is 2.01. The summed E-state index contributed by atoms with van der Waals surface area (Å²) in [6.07, 6.45) is 1.83. The predicted octanol–water partition coefficient (Wildman–Crippen LogP) is 3.02. The molecule has 1 atom stereocenters. The highest BCUT2D eigenvalue weighted by Crippen LogP contribution is 2.34. The maximum absolute atomic E-state index is 12.4. The highest BCUT2D eigenvalue weighted by Gasteiger charge is 2.24. The Balaban J connectivity index is 2.19. The molecule has 1 heterocycles. The Morgan fingerprint density at radius 1 is 1.48 bits per heavy atom. The first-order valence-corrected chi connectivity index (χ1v) is 9.10. The van der Waals surface area contributed by atoms with Crippen molar-refractivity contribution < 1.29 is 9.00 Å². The molecule has 0 aromatic heterocycles. The van der Waals surface area contributed by atoms with E-state index in [1.165, 1.54) is 0 Å². The van der Waals surface area contributed by atoms with Crippen molar-refractivity contribution in [2.45, 2.75) is 38.5 Å². The van der Waals surface area contributed by atoms with Crippen molar-refractivity contribution in [3.8, 4) is 0 Å². The number of carbonyl (C=O) groups is 1. The Hall–Kier alpha value is -0.720. The van der Waals surface area contributed by atoms with Crippen LogP contribution in [0.3, 0.4) is 0 Å². The molecule has 1 aromatic rings. The molecule has 0 saturated carbocycles. The molecule has 0 fully saturated rings. The topological polar surface area (TPSA) is 49.4 Å². The molecule has 1 unspecified atom stereocenters. The van der Waals surface area contributed by atoms with E-state index in [-0.39, 0.29) is 5.91 Å². The summed E-state index contributed by atoms with van der Waals surface area (Å²) in [4.78, 5) is 14.1. The van der Waals surface area contributed by atoms with Gasteiger partial charge in [-0.2, -0.15) is 0 Å². The lowest BCUT2D eigenvalue weighted by molar-refractivity contribution is -0.116. The zero-order valence-corrected chi connectivity index (χ0v) is 15.0. The molecule has 6 heteroatoms. The monoisotopic (exact) mass is 372 g/mol. The number of benzene rings is 1. The van der Waals surface area contributed by atoms with Crippen molar-refractivity contribution in [1.29, 1.82) is 0 Å². The van der Waals surface area contributed by atoms with Gasteiger partial charge in [-0.05, 0) is 52.4 Å². The lowest BCUT2D eigenvalue weighted by atomic mass is 10.1. The SMILES string of the molecule is CC(=O)N1CCc2cc(Br)c(S(=O)NCCC(C)C)cc21. The van der Waals surface area contributed by atoms with E-state index >= 15 is 0 Å². The molecule has 116 valence electrons. The van der Waals surface area contributed by atoms with Crippen LogP contribution >= 0.6 is 15.9 Å². The van der Waals surface area contributed by atoms with Crippen LogP contribution in [0.4, 0.5) is 5.69 Å². The van der Waals surface area contributed by atoms with E-state index in [9.17, 15) is 9.00 Å². The summed E-state index contributed by atoms with van der Waals surface area (Å²) in [7, 11) is -1.27. The maximum atomic E-state index is 12.4. The van der Waals surface area contributed by atoms with E-state index in [0.717, 1.165) is 28.6 Å². The van der Waals surface area contributed by atoms with Crippen molar-refractivity contribution >= 4 is 38.5 Å². The van der Waals surface area contributed by atoms with Gasteiger partial charge in [0.1, 0.15) is 11.0 Å². The maximum Gasteiger partial charge on any atom is 0.223 e. The summed E-state index contributed by atoms with van der Waals surface area (Å²) in [5.74, 6) is 0.603. The zero-order chi connectivity index (χ0) is 15.6. The van der Waals surface area contributed by atoms with Crippen molar-refractivity contribution in [3.05, 3.63) is 22.2 Å². The van der Waals surface area contributed by atoms with Crippen LogP contribution in [0.25, 0.3) is 0 Å². The third kappa shape index (κ3) is 3.93. The van der Waals surface area contributed by atoms with Crippen molar-refractivity contribution in [1.82, 2.24) is 4.72 Å². The van der Waals surface area contributed by atoms with Gasteiger partial charge in [-0.1, -0.05) is 13.8 Å². The van der Waals surface area contributed by atoms with Crippen LogP contribution in [0.15, 0.2) is 21.5 Å². The van der Waals surface area contributed by atoms with Crippen LogP contribution in [0.1, 0.15) is 32.8 Å². The standard InChI is InChI=1S/C15H21BrN2O2S/c1-10(2)4-6-17-21(20)15-9-14-12(8-13(15)16)5-7-18(14)11(3)19/h8-10,17H,4-7H2,1-3H3. The van der Waals surface area contributed by atoms with E-state index in [2.05, 4.69) is 34.5 Å². The number of rotatable bonds is 5. The molecule has 4 nitrogen and oxygen atoms in total. The fraction of sp³-hybridized carbons (Fsp3) is 0.533. The van der Waals surface area contributed by atoms with Crippen LogP contribution < -0.4 is 9.62 Å². The van der Waals surface area contributed by atoms with Crippen molar-refractivity contribution in [2.75, 3.05) is 18.0 Å². The Labute approximate surface area is 137 Å². The number of halogens is 1. The molecule has 1 aliphatic heterocycles. The van der Waals surface area contributed by atoms with Crippen LogP contribution in [0, 0.1) is 5.92 Å². The van der Waals surface area contributed by atoms with Crippen molar-refractivity contribution in [3.63, 3.8) is 0 Å². The van der Waals surface area contributed by atoms with Gasteiger partial charge in [0.25, 0.3) is 0 Å². The van der Waals surface area contributed by atoms with Gasteiger partial charge in [0, 0.05) is 30.2 Å². The second-order valence-electron chi connectivity index (χ2n) is 5.68. The third-order valence-corrected chi connectivity index (χ3v) is 5.69. The first-order valence-electron chi connectivity index (χ1n) is 7.16. The lowest BCUT2D eigenvalue weighted by Crippen LogP contribution is -2.26. The minimum absolute atomic E-state index is 0.0283. The number of nitrogens with one attached hydrogen (secondary N) is 1. The summed E-state index contributed by atoms with van der Waals surface area (Å²) >= 11 is 3.49. The molecule has 0 bridgehead atoms. The molecular formula is C15H21BrN2O2S. The number of hydrogen-bond acceptors (Lipinski definition) is 2.